The average Bonchev–Trinajstić information content (AvgIpc) is 2.57. The van der Waals surface area contributed by atoms with Gasteiger partial charge in [-0.1, -0.05) is 0 Å². The zero-order valence-corrected chi connectivity index (χ0v) is 13.5. The molecule has 26 heavy (non-hydrogen) atoms. The molecular weight excluding hydrogens is 361 g/mol. The van der Waals surface area contributed by atoms with E-state index in [0.29, 0.717) is 0 Å². The standard InChI is InChI=1S/C16H14F5N3O2/c1-24(7-6-16(19,20)21)15(25)23-14-5-3-11(9-22-14)26-10-2-4-12(17)13(18)8-10/h2-5,8-9H,6-7H2,1H3,(H,22,23,25). The largest absolute Gasteiger partial charge is 0.456 e. The van der Waals surface area contributed by atoms with Crippen LogP contribution < -0.4 is 10.1 Å². The highest BCUT2D eigenvalue weighted by Crippen LogP contribution is 2.23. The van der Waals surface area contributed by atoms with Crippen LogP contribution >= 0.6 is 0 Å². The van der Waals surface area contributed by atoms with Crippen molar-refractivity contribution in [2.24, 2.45) is 0 Å². The Morgan fingerprint density at radius 2 is 1.85 bits per heavy atom. The number of pyridine rings is 1. The van der Waals surface area contributed by atoms with Gasteiger partial charge in [-0.15, -0.1) is 0 Å². The Hall–Kier alpha value is -2.91. The second-order valence-electron chi connectivity index (χ2n) is 5.27. The van der Waals surface area contributed by atoms with Gasteiger partial charge in [0, 0.05) is 19.7 Å². The number of hydrogen-bond donors (Lipinski definition) is 1. The van der Waals surface area contributed by atoms with Crippen molar-refractivity contribution in [2.45, 2.75) is 12.6 Å². The predicted octanol–water partition coefficient (Wildman–Crippen LogP) is 4.57. The number of urea groups is 1. The number of carbonyl (C=O) groups is 1. The molecule has 0 radical (unpaired) electrons. The molecule has 0 spiro atoms. The molecule has 0 saturated heterocycles. The molecule has 1 N–H and O–H groups in total. The molecule has 0 aliphatic rings. The van der Waals surface area contributed by atoms with Crippen molar-refractivity contribution in [3.8, 4) is 11.5 Å². The summed E-state index contributed by atoms with van der Waals surface area (Å²) >= 11 is 0. The van der Waals surface area contributed by atoms with Crippen LogP contribution in [0.4, 0.5) is 32.6 Å². The number of alkyl halides is 3. The number of carbonyl (C=O) groups excluding carboxylic acids is 1. The zero-order valence-electron chi connectivity index (χ0n) is 13.5. The molecule has 1 aromatic carbocycles. The fourth-order valence-electron chi connectivity index (χ4n) is 1.79. The van der Waals surface area contributed by atoms with Crippen LogP contribution in [0.3, 0.4) is 0 Å². The Kier molecular flexibility index (Phi) is 5.96. The Bertz CT molecular complexity index is 765. The third kappa shape index (κ3) is 5.87. The van der Waals surface area contributed by atoms with Gasteiger partial charge in [0.1, 0.15) is 17.3 Å². The Morgan fingerprint density at radius 3 is 2.42 bits per heavy atom. The topological polar surface area (TPSA) is 54.5 Å². The molecule has 2 rings (SSSR count). The van der Waals surface area contributed by atoms with E-state index in [-0.39, 0.29) is 17.3 Å². The molecule has 0 aliphatic heterocycles. The number of aromatic nitrogens is 1. The van der Waals surface area contributed by atoms with Crippen molar-refractivity contribution in [3.05, 3.63) is 48.2 Å². The number of nitrogens with zero attached hydrogens (tertiary/aromatic N) is 2. The first-order valence-electron chi connectivity index (χ1n) is 7.32. The van der Waals surface area contributed by atoms with Gasteiger partial charge in [-0.3, -0.25) is 5.32 Å². The minimum atomic E-state index is -4.36. The van der Waals surface area contributed by atoms with Crippen LogP contribution in [-0.4, -0.2) is 35.7 Å². The van der Waals surface area contributed by atoms with Crippen molar-refractivity contribution in [2.75, 3.05) is 18.9 Å². The highest BCUT2D eigenvalue weighted by atomic mass is 19.4. The molecule has 10 heteroatoms. The lowest BCUT2D eigenvalue weighted by Crippen LogP contribution is -2.34. The van der Waals surface area contributed by atoms with Gasteiger partial charge >= 0.3 is 12.2 Å². The number of benzene rings is 1. The molecule has 0 bridgehead atoms. The molecule has 0 unspecified atom stereocenters. The zero-order chi connectivity index (χ0) is 19.3. The van der Waals surface area contributed by atoms with Gasteiger partial charge in [0.15, 0.2) is 11.6 Å². The number of nitrogens with one attached hydrogen (secondary N) is 1. The fraction of sp³-hybridized carbons (Fsp3) is 0.250. The average molecular weight is 375 g/mol. The highest BCUT2D eigenvalue weighted by molar-refractivity contribution is 5.88. The number of ether oxygens (including phenoxy) is 1. The first-order chi connectivity index (χ1) is 12.1. The number of hydrogen-bond acceptors (Lipinski definition) is 3. The summed E-state index contributed by atoms with van der Waals surface area (Å²) in [6, 6.07) is 4.99. The Balaban J connectivity index is 1.92. The maximum absolute atomic E-state index is 13.1. The lowest BCUT2D eigenvalue weighted by Gasteiger charge is -2.18. The molecule has 0 fully saturated rings. The second kappa shape index (κ2) is 7.98. The third-order valence-corrected chi connectivity index (χ3v) is 3.18. The monoisotopic (exact) mass is 375 g/mol. The normalized spacial score (nSPS) is 11.2. The lowest BCUT2D eigenvalue weighted by molar-refractivity contribution is -0.135. The summed E-state index contributed by atoms with van der Waals surface area (Å²) in [5.74, 6) is -1.75. The number of anilines is 1. The number of rotatable bonds is 5. The van der Waals surface area contributed by atoms with Gasteiger partial charge < -0.3 is 9.64 Å². The SMILES string of the molecule is CN(CCC(F)(F)F)C(=O)Nc1ccc(Oc2ccc(F)c(F)c2)cn1. The van der Waals surface area contributed by atoms with Crippen LogP contribution in [0.25, 0.3) is 0 Å². The van der Waals surface area contributed by atoms with Crippen LogP contribution in [0, 0.1) is 11.6 Å². The summed E-state index contributed by atoms with van der Waals surface area (Å²) in [5.41, 5.74) is 0. The van der Waals surface area contributed by atoms with E-state index in [9.17, 15) is 26.7 Å². The van der Waals surface area contributed by atoms with E-state index in [0.717, 1.165) is 17.0 Å². The quantitative estimate of drug-likeness (QED) is 0.779. The van der Waals surface area contributed by atoms with Gasteiger partial charge in [-0.25, -0.2) is 18.6 Å². The molecule has 1 heterocycles. The summed E-state index contributed by atoms with van der Waals surface area (Å²) in [6.45, 7) is -0.493. The van der Waals surface area contributed by atoms with Gasteiger partial charge in [0.25, 0.3) is 0 Å². The number of amides is 2. The second-order valence-corrected chi connectivity index (χ2v) is 5.27. The Labute approximate surface area is 145 Å². The minimum absolute atomic E-state index is 0.0503. The first kappa shape index (κ1) is 19.4. The minimum Gasteiger partial charge on any atom is -0.456 e. The van der Waals surface area contributed by atoms with Gasteiger partial charge in [0.2, 0.25) is 0 Å². The van der Waals surface area contributed by atoms with Gasteiger partial charge in [-0.05, 0) is 24.3 Å². The van der Waals surface area contributed by atoms with E-state index >= 15 is 0 Å². The third-order valence-electron chi connectivity index (χ3n) is 3.18. The first-order valence-corrected chi connectivity index (χ1v) is 7.32. The molecule has 0 aliphatic carbocycles. The molecule has 1 aromatic heterocycles. The molecule has 2 aromatic rings. The van der Waals surface area contributed by atoms with Crippen molar-refractivity contribution >= 4 is 11.8 Å². The summed E-state index contributed by atoms with van der Waals surface area (Å²) < 4.78 is 67.7. The van der Waals surface area contributed by atoms with E-state index in [1.807, 2.05) is 0 Å². The van der Waals surface area contributed by atoms with Crippen LogP contribution in [0.15, 0.2) is 36.5 Å². The van der Waals surface area contributed by atoms with E-state index in [2.05, 4.69) is 10.3 Å². The Morgan fingerprint density at radius 1 is 1.15 bits per heavy atom. The van der Waals surface area contributed by atoms with Crippen molar-refractivity contribution in [3.63, 3.8) is 0 Å². The van der Waals surface area contributed by atoms with Crippen molar-refractivity contribution < 1.29 is 31.5 Å². The van der Waals surface area contributed by atoms with Crippen LogP contribution in [0.2, 0.25) is 0 Å². The summed E-state index contributed by atoms with van der Waals surface area (Å²) in [5, 5.41) is 2.33. The molecule has 5 nitrogen and oxygen atoms in total. The summed E-state index contributed by atoms with van der Waals surface area (Å²) in [6.07, 6.45) is -4.26. The smallest absolute Gasteiger partial charge is 0.390 e. The molecule has 140 valence electrons. The van der Waals surface area contributed by atoms with E-state index in [1.54, 1.807) is 0 Å². The molecule has 2 amide bonds. The predicted molar refractivity (Wildman–Crippen MR) is 83.0 cm³/mol. The molecule has 0 saturated carbocycles. The van der Waals surface area contributed by atoms with E-state index in [1.165, 1.54) is 31.4 Å². The van der Waals surface area contributed by atoms with E-state index in [4.69, 9.17) is 4.74 Å². The maximum Gasteiger partial charge on any atom is 0.390 e. The molecular formula is C16H14F5N3O2. The maximum atomic E-state index is 13.1. The van der Waals surface area contributed by atoms with E-state index < -0.39 is 36.8 Å². The van der Waals surface area contributed by atoms with Crippen molar-refractivity contribution in [1.82, 2.24) is 9.88 Å². The summed E-state index contributed by atoms with van der Waals surface area (Å²) in [7, 11) is 1.22. The van der Waals surface area contributed by atoms with Crippen molar-refractivity contribution in [1.29, 1.82) is 0 Å². The highest BCUT2D eigenvalue weighted by Gasteiger charge is 2.28. The van der Waals surface area contributed by atoms with Crippen LogP contribution in [0.5, 0.6) is 11.5 Å². The molecule has 0 atom stereocenters. The van der Waals surface area contributed by atoms with Crippen LogP contribution in [-0.2, 0) is 0 Å². The number of halogens is 5. The lowest BCUT2D eigenvalue weighted by atomic mass is 10.3. The fourth-order valence-corrected chi connectivity index (χ4v) is 1.79. The summed E-state index contributed by atoms with van der Waals surface area (Å²) in [4.78, 5) is 16.5. The van der Waals surface area contributed by atoms with Gasteiger partial charge in [-0.2, -0.15) is 13.2 Å². The van der Waals surface area contributed by atoms with Gasteiger partial charge in [0.05, 0.1) is 12.6 Å². The van der Waals surface area contributed by atoms with Crippen LogP contribution in [0.1, 0.15) is 6.42 Å².